The summed E-state index contributed by atoms with van der Waals surface area (Å²) in [6.45, 7) is 5.93. The van der Waals surface area contributed by atoms with Gasteiger partial charge in [0.1, 0.15) is 23.1 Å². The van der Waals surface area contributed by atoms with Gasteiger partial charge in [-0.1, -0.05) is 88.4 Å². The van der Waals surface area contributed by atoms with Crippen molar-refractivity contribution in [2.45, 2.75) is 87.8 Å². The summed E-state index contributed by atoms with van der Waals surface area (Å²) < 4.78 is 115. The third-order valence-corrected chi connectivity index (χ3v) is 8.78. The van der Waals surface area contributed by atoms with Crippen molar-refractivity contribution in [3.05, 3.63) is 131 Å². The average Bonchev–Trinajstić information content (AvgIpc) is 3.09. The van der Waals surface area contributed by atoms with Gasteiger partial charge >= 0.3 is 15.5 Å². The predicted molar refractivity (Wildman–Crippen MR) is 228 cm³/mol. The Bertz CT molecular complexity index is 1820. The minimum absolute atomic E-state index is 0.0169. The molecule has 4 nitrogen and oxygen atoms in total. The predicted octanol–water partition coefficient (Wildman–Crippen LogP) is 13.4. The summed E-state index contributed by atoms with van der Waals surface area (Å²) in [5.74, 6) is -1.27. The van der Waals surface area contributed by atoms with Crippen LogP contribution < -0.4 is 4.74 Å². The maximum absolute atomic E-state index is 13.7. The molecule has 0 heterocycles. The van der Waals surface area contributed by atoms with Crippen LogP contribution in [0, 0.1) is 11.6 Å². The summed E-state index contributed by atoms with van der Waals surface area (Å²) in [6.07, 6.45) is -12.3. The van der Waals surface area contributed by atoms with Crippen LogP contribution in [-0.2, 0) is 23.7 Å². The van der Waals surface area contributed by atoms with Crippen molar-refractivity contribution < 1.29 is 55.2 Å². The second-order valence-electron chi connectivity index (χ2n) is 14.4. The zero-order valence-corrected chi connectivity index (χ0v) is 38.3. The van der Waals surface area contributed by atoms with Crippen molar-refractivity contribution in [3.63, 3.8) is 0 Å². The van der Waals surface area contributed by atoms with Crippen LogP contribution in [0.25, 0.3) is 0 Å². The van der Waals surface area contributed by atoms with Gasteiger partial charge in [0.15, 0.2) is 11.2 Å². The molecule has 0 bridgehead atoms. The van der Waals surface area contributed by atoms with Gasteiger partial charge in [-0.05, 0) is 71.2 Å². The van der Waals surface area contributed by atoms with E-state index in [4.69, 9.17) is 27.9 Å². The van der Waals surface area contributed by atoms with Crippen LogP contribution in [0.15, 0.2) is 97.1 Å². The molecule has 0 aliphatic carbocycles. The van der Waals surface area contributed by atoms with Gasteiger partial charge in [0.05, 0.1) is 12.4 Å². The number of phenols is 1. The number of aliphatic hydroxyl groups is 2. The number of ether oxygens (including phenoxy) is 1. The highest BCUT2D eigenvalue weighted by molar-refractivity contribution is 9.69. The standard InChI is InChI=1S/C20H22F4O2.C19H20F4O2.CH2Cl2.BBr3/c1-18(2,16-11-15(21)9-10-17(16)26-3)13-19(25,20(22,23)24)12-14-7-5-4-6-8-14;1-17(2,15-10-14(20)8-9-16(15)24)12-18(25,19(21,22)23)11-13-6-4-3-5-7-13;2-1-3;2-1(3)4/h4-11,25H,12-13H2,1-3H3;3-10,24-25H,11-12H2,1-2H3;1H2;. The molecule has 0 radical (unpaired) electrons. The highest BCUT2D eigenvalue weighted by Gasteiger charge is 2.57. The number of phenolic OH excluding ortho intramolecular Hbond substituents is 1. The molecule has 58 heavy (non-hydrogen) atoms. The fraction of sp³-hybridized carbons (Fsp3) is 0.400. The molecule has 0 fully saturated rings. The smallest absolute Gasteiger partial charge is 0.417 e. The summed E-state index contributed by atoms with van der Waals surface area (Å²) in [4.78, 5) is 0. The molecule has 4 aromatic rings. The number of alkyl halides is 8. The van der Waals surface area contributed by atoms with E-state index < -0.39 is 71.7 Å². The van der Waals surface area contributed by atoms with E-state index in [0.717, 1.165) is 24.3 Å². The Morgan fingerprint density at radius 2 is 0.931 bits per heavy atom. The SMILES string of the molecule is BrB(Br)Br.CC(C)(CC(O)(Cc1ccccc1)C(F)(F)F)c1cc(F)ccc1O.COc1ccc(F)cc1C(C)(C)CC(O)(Cc1ccccc1)C(F)(F)F.ClCCl. The number of benzene rings is 4. The normalized spacial score (nSPS) is 13.9. The van der Waals surface area contributed by atoms with Crippen LogP contribution in [0.3, 0.4) is 0 Å². The topological polar surface area (TPSA) is 69.9 Å². The van der Waals surface area contributed by atoms with Gasteiger partial charge in [-0.3, -0.25) is 0 Å². The van der Waals surface area contributed by atoms with E-state index in [9.17, 15) is 50.4 Å². The monoisotopic (exact) mass is 1060 g/mol. The molecular weight excluding hydrogens is 1020 g/mol. The first-order valence-corrected chi connectivity index (χ1v) is 20.9. The van der Waals surface area contributed by atoms with Gasteiger partial charge in [-0.15, -0.1) is 70.5 Å². The van der Waals surface area contributed by atoms with Crippen molar-refractivity contribution in [1.29, 1.82) is 0 Å². The van der Waals surface area contributed by atoms with Crippen molar-refractivity contribution >= 4 is 73.7 Å². The van der Waals surface area contributed by atoms with Crippen molar-refractivity contribution in [2.24, 2.45) is 0 Å². The van der Waals surface area contributed by atoms with Crippen molar-refractivity contribution in [2.75, 3.05) is 12.4 Å². The third kappa shape index (κ3) is 17.1. The van der Waals surface area contributed by atoms with Crippen LogP contribution in [0.1, 0.15) is 62.8 Å². The molecule has 0 aliphatic heterocycles. The van der Waals surface area contributed by atoms with Crippen LogP contribution >= 0.6 is 70.5 Å². The summed E-state index contributed by atoms with van der Waals surface area (Å²) in [6, 6.07) is 22.7. The zero-order valence-electron chi connectivity index (χ0n) is 32.0. The van der Waals surface area contributed by atoms with Crippen LogP contribution in [0.2, 0.25) is 0 Å². The number of halogens is 13. The molecule has 0 spiro atoms. The van der Waals surface area contributed by atoms with E-state index >= 15 is 0 Å². The molecular formula is C40H44BBr3Cl2F8O4. The molecule has 322 valence electrons. The first kappa shape index (κ1) is 53.9. The van der Waals surface area contributed by atoms with Gasteiger partial charge in [-0.25, -0.2) is 8.78 Å². The fourth-order valence-corrected chi connectivity index (χ4v) is 6.31. The van der Waals surface area contributed by atoms with Gasteiger partial charge in [0, 0.05) is 24.0 Å². The molecule has 2 unspecified atom stereocenters. The second kappa shape index (κ2) is 23.2. The van der Waals surface area contributed by atoms with E-state index in [1.165, 1.54) is 71.2 Å². The quantitative estimate of drug-likeness (QED) is 0.0795. The first-order chi connectivity index (χ1) is 26.6. The van der Waals surface area contributed by atoms with E-state index in [0.29, 0.717) is 11.1 Å². The molecule has 0 aliphatic rings. The van der Waals surface area contributed by atoms with Gasteiger partial charge < -0.3 is 20.1 Å². The molecule has 0 amide bonds. The maximum Gasteiger partial charge on any atom is 0.417 e. The van der Waals surface area contributed by atoms with Gasteiger partial charge in [0.2, 0.25) is 0 Å². The molecule has 0 saturated heterocycles. The Balaban J connectivity index is 0.000000500. The number of hydrogen-bond donors (Lipinski definition) is 3. The molecule has 18 heteroatoms. The highest BCUT2D eigenvalue weighted by atomic mass is 79.9. The average molecular weight is 1060 g/mol. The summed E-state index contributed by atoms with van der Waals surface area (Å²) in [5, 5.41) is 31.2. The number of methoxy groups -OCH3 is 1. The van der Waals surface area contributed by atoms with Crippen molar-refractivity contribution in [3.8, 4) is 11.5 Å². The largest absolute Gasteiger partial charge is 0.508 e. The van der Waals surface area contributed by atoms with E-state index in [1.54, 1.807) is 36.4 Å². The van der Waals surface area contributed by atoms with E-state index in [1.807, 2.05) is 0 Å². The van der Waals surface area contributed by atoms with Crippen LogP contribution in [-0.4, -0.2) is 54.5 Å². The summed E-state index contributed by atoms with van der Waals surface area (Å²) in [5.41, 5.74) is -7.49. The van der Waals surface area contributed by atoms with Gasteiger partial charge in [0.25, 0.3) is 0 Å². The third-order valence-electron chi connectivity index (χ3n) is 8.78. The Kier molecular flexibility index (Phi) is 21.6. The Morgan fingerprint density at radius 1 is 0.603 bits per heavy atom. The number of hydrogen-bond acceptors (Lipinski definition) is 4. The molecule has 4 aromatic carbocycles. The van der Waals surface area contributed by atoms with Gasteiger partial charge in [-0.2, -0.15) is 26.3 Å². The summed E-state index contributed by atoms with van der Waals surface area (Å²) >= 11 is 18.8. The molecule has 0 saturated carbocycles. The van der Waals surface area contributed by atoms with E-state index in [-0.39, 0.29) is 31.2 Å². The number of rotatable bonds is 11. The van der Waals surface area contributed by atoms with E-state index in [2.05, 4.69) is 47.3 Å². The lowest BCUT2D eigenvalue weighted by Gasteiger charge is -2.38. The second-order valence-corrected chi connectivity index (χ2v) is 21.6. The first-order valence-electron chi connectivity index (χ1n) is 17.1. The minimum Gasteiger partial charge on any atom is -0.508 e. The summed E-state index contributed by atoms with van der Waals surface area (Å²) in [7, 11) is 1.37. The minimum atomic E-state index is -4.89. The molecule has 2 atom stereocenters. The number of aromatic hydroxyl groups is 1. The highest BCUT2D eigenvalue weighted by Crippen LogP contribution is 2.46. The molecule has 4 rings (SSSR count). The lowest BCUT2D eigenvalue weighted by molar-refractivity contribution is -0.266. The Labute approximate surface area is 369 Å². The molecule has 0 aromatic heterocycles. The van der Waals surface area contributed by atoms with Crippen LogP contribution in [0.5, 0.6) is 11.5 Å². The van der Waals surface area contributed by atoms with Crippen molar-refractivity contribution in [1.82, 2.24) is 0 Å². The Morgan fingerprint density at radius 3 is 1.28 bits per heavy atom. The Hall–Kier alpha value is -2.08. The lowest BCUT2D eigenvalue weighted by atomic mass is 9.72. The lowest BCUT2D eigenvalue weighted by Crippen LogP contribution is -2.50. The zero-order chi connectivity index (χ0) is 44.8. The van der Waals surface area contributed by atoms with Crippen LogP contribution in [0.4, 0.5) is 35.1 Å². The fourth-order valence-electron chi connectivity index (χ4n) is 6.31. The maximum atomic E-state index is 13.7. The molecule has 3 N–H and O–H groups in total.